The summed E-state index contributed by atoms with van der Waals surface area (Å²) in [6.45, 7) is 7.03. The molecule has 18 heavy (non-hydrogen) atoms. The average Bonchev–Trinajstić information content (AvgIpc) is 2.31. The second-order valence-corrected chi connectivity index (χ2v) is 3.74. The van der Waals surface area contributed by atoms with E-state index in [9.17, 15) is 9.90 Å². The molecule has 0 amide bonds. The highest BCUT2D eigenvalue weighted by Gasteiger charge is 2.33. The van der Waals surface area contributed by atoms with Crippen LogP contribution in [0, 0.1) is 0 Å². The molecule has 0 saturated heterocycles. The van der Waals surface area contributed by atoms with Gasteiger partial charge in [-0.15, -0.1) is 5.73 Å². The number of hydrogen-bond acceptors (Lipinski definition) is 5. The summed E-state index contributed by atoms with van der Waals surface area (Å²) in [5.41, 5.74) is 2.53. The van der Waals surface area contributed by atoms with Gasteiger partial charge in [0.15, 0.2) is 12.4 Å². The molecular weight excluding hydrogens is 236 g/mol. The molecule has 0 radical (unpaired) electrons. The third-order valence-electron chi connectivity index (χ3n) is 2.33. The van der Waals surface area contributed by atoms with Gasteiger partial charge in [0.25, 0.3) is 0 Å². The zero-order chi connectivity index (χ0) is 13.5. The van der Waals surface area contributed by atoms with Crippen LogP contribution in [-0.2, 0) is 19.0 Å². The first-order valence-corrected chi connectivity index (χ1v) is 5.75. The van der Waals surface area contributed by atoms with Gasteiger partial charge in [0, 0.05) is 19.6 Å². The van der Waals surface area contributed by atoms with Crippen molar-refractivity contribution in [3.05, 3.63) is 30.5 Å². The lowest BCUT2D eigenvalue weighted by Gasteiger charge is -2.32. The summed E-state index contributed by atoms with van der Waals surface area (Å²) in [6, 6.07) is 0. The highest BCUT2D eigenvalue weighted by atomic mass is 16.7. The van der Waals surface area contributed by atoms with E-state index in [-0.39, 0.29) is 0 Å². The van der Waals surface area contributed by atoms with Gasteiger partial charge >= 0.3 is 5.97 Å². The van der Waals surface area contributed by atoms with Gasteiger partial charge < -0.3 is 19.3 Å². The van der Waals surface area contributed by atoms with E-state index >= 15 is 0 Å². The van der Waals surface area contributed by atoms with Gasteiger partial charge in [-0.25, -0.2) is 0 Å². The van der Waals surface area contributed by atoms with E-state index < -0.39 is 30.6 Å². The summed E-state index contributed by atoms with van der Waals surface area (Å²) in [5.74, 6) is -0.468. The Morgan fingerprint density at radius 2 is 2.39 bits per heavy atom. The number of esters is 1. The van der Waals surface area contributed by atoms with Crippen LogP contribution >= 0.6 is 0 Å². The Hall–Kier alpha value is -1.39. The van der Waals surface area contributed by atoms with E-state index in [2.05, 4.69) is 12.3 Å². The first-order valence-electron chi connectivity index (χ1n) is 5.75. The quantitative estimate of drug-likeness (QED) is 0.449. The summed E-state index contributed by atoms with van der Waals surface area (Å²) in [6.07, 6.45) is 1.70. The Morgan fingerprint density at radius 3 is 2.94 bits per heavy atom. The minimum atomic E-state index is -0.879. The molecule has 100 valence electrons. The molecule has 4 atom stereocenters. The molecule has 0 saturated carbocycles. The van der Waals surface area contributed by atoms with Gasteiger partial charge in [-0.1, -0.05) is 12.7 Å². The minimum absolute atomic E-state index is 0.468. The molecule has 1 aliphatic rings. The number of carbonyl (C=O) groups is 1. The molecule has 1 heterocycles. The van der Waals surface area contributed by atoms with E-state index in [1.54, 1.807) is 12.2 Å². The molecule has 0 aromatic rings. The van der Waals surface area contributed by atoms with Crippen molar-refractivity contribution in [2.45, 2.75) is 38.4 Å². The largest absolute Gasteiger partial charge is 0.455 e. The van der Waals surface area contributed by atoms with Crippen molar-refractivity contribution in [1.82, 2.24) is 0 Å². The van der Waals surface area contributed by atoms with E-state index in [4.69, 9.17) is 14.2 Å². The standard InChI is InChI=1S/C13H18O5/c1-4-6-11(17-9(3)14)13-10(15)7-8-12(18-13)16-5-2/h6-8,10-13,15H,1,5H2,2-3H3/t10-,11-,12-,13-/m0/s1. The summed E-state index contributed by atoms with van der Waals surface area (Å²) in [4.78, 5) is 11.0. The fourth-order valence-electron chi connectivity index (χ4n) is 1.63. The topological polar surface area (TPSA) is 65.0 Å². The maximum absolute atomic E-state index is 11.0. The number of aliphatic hydroxyl groups excluding tert-OH is 1. The van der Waals surface area contributed by atoms with Gasteiger partial charge in [0.2, 0.25) is 0 Å². The molecule has 1 N–H and O–H groups in total. The highest BCUT2D eigenvalue weighted by molar-refractivity contribution is 5.66. The summed E-state index contributed by atoms with van der Waals surface area (Å²) in [7, 11) is 0. The van der Waals surface area contributed by atoms with Gasteiger partial charge in [0.1, 0.15) is 12.2 Å². The number of rotatable bonds is 5. The molecule has 0 fully saturated rings. The summed E-state index contributed by atoms with van der Waals surface area (Å²) < 4.78 is 15.9. The molecule has 5 heteroatoms. The summed E-state index contributed by atoms with van der Waals surface area (Å²) >= 11 is 0. The average molecular weight is 254 g/mol. The first kappa shape index (κ1) is 14.7. The van der Waals surface area contributed by atoms with E-state index in [1.165, 1.54) is 13.0 Å². The highest BCUT2D eigenvalue weighted by Crippen LogP contribution is 2.20. The zero-order valence-electron chi connectivity index (χ0n) is 10.5. The Balaban J connectivity index is 2.79. The molecule has 1 rings (SSSR count). The van der Waals surface area contributed by atoms with Crippen molar-refractivity contribution in [3.8, 4) is 0 Å². The Bertz CT molecular complexity index is 356. The van der Waals surface area contributed by atoms with Crippen molar-refractivity contribution in [2.75, 3.05) is 6.61 Å². The van der Waals surface area contributed by atoms with Gasteiger partial charge in [-0.2, -0.15) is 0 Å². The van der Waals surface area contributed by atoms with Gasteiger partial charge in [0.05, 0.1) is 0 Å². The van der Waals surface area contributed by atoms with Crippen molar-refractivity contribution < 1.29 is 24.1 Å². The lowest BCUT2D eigenvalue weighted by Crippen LogP contribution is -2.45. The molecule has 0 aromatic heterocycles. The van der Waals surface area contributed by atoms with Crippen molar-refractivity contribution >= 4 is 5.97 Å². The minimum Gasteiger partial charge on any atom is -0.455 e. The molecule has 1 aliphatic heterocycles. The Kier molecular flexibility index (Phi) is 5.82. The maximum atomic E-state index is 11.0. The second-order valence-electron chi connectivity index (χ2n) is 3.74. The molecule has 0 spiro atoms. The van der Waals surface area contributed by atoms with Crippen molar-refractivity contribution in [1.29, 1.82) is 0 Å². The van der Waals surface area contributed by atoms with Crippen LogP contribution in [0.4, 0.5) is 0 Å². The van der Waals surface area contributed by atoms with Crippen LogP contribution in [0.3, 0.4) is 0 Å². The van der Waals surface area contributed by atoms with Crippen LogP contribution in [0.1, 0.15) is 13.8 Å². The smallest absolute Gasteiger partial charge is 0.303 e. The number of aliphatic hydroxyl groups is 1. The Morgan fingerprint density at radius 1 is 1.67 bits per heavy atom. The van der Waals surface area contributed by atoms with Gasteiger partial charge in [-0.3, -0.25) is 4.79 Å². The molecule has 0 unspecified atom stereocenters. The Labute approximate surface area is 106 Å². The van der Waals surface area contributed by atoms with Crippen LogP contribution in [0.15, 0.2) is 30.5 Å². The third kappa shape index (κ3) is 4.13. The fraction of sp³-hybridized carbons (Fsp3) is 0.538. The monoisotopic (exact) mass is 254 g/mol. The predicted octanol–water partition coefficient (Wildman–Crippen LogP) is 0.938. The molecule has 0 aliphatic carbocycles. The third-order valence-corrected chi connectivity index (χ3v) is 2.33. The fourth-order valence-corrected chi connectivity index (χ4v) is 1.63. The van der Waals surface area contributed by atoms with Crippen LogP contribution in [0.25, 0.3) is 0 Å². The lowest BCUT2D eigenvalue weighted by atomic mass is 10.0. The van der Waals surface area contributed by atoms with Crippen molar-refractivity contribution in [2.24, 2.45) is 0 Å². The predicted molar refractivity (Wildman–Crippen MR) is 64.7 cm³/mol. The van der Waals surface area contributed by atoms with Crippen LogP contribution in [-0.4, -0.2) is 42.3 Å². The van der Waals surface area contributed by atoms with Crippen LogP contribution < -0.4 is 0 Å². The first-order chi connectivity index (χ1) is 8.58. The van der Waals surface area contributed by atoms with Crippen LogP contribution in [0.5, 0.6) is 0 Å². The normalized spacial score (nSPS) is 28.3. The zero-order valence-corrected chi connectivity index (χ0v) is 10.5. The van der Waals surface area contributed by atoms with Crippen LogP contribution in [0.2, 0.25) is 0 Å². The van der Waals surface area contributed by atoms with E-state index in [0.29, 0.717) is 6.61 Å². The van der Waals surface area contributed by atoms with E-state index in [0.717, 1.165) is 0 Å². The molecule has 0 aromatic carbocycles. The maximum Gasteiger partial charge on any atom is 0.303 e. The molecular formula is C13H18O5. The number of hydrogen-bond donors (Lipinski definition) is 1. The summed E-state index contributed by atoms with van der Waals surface area (Å²) in [5, 5.41) is 9.84. The second kappa shape index (κ2) is 7.13. The van der Waals surface area contributed by atoms with E-state index in [1.807, 2.05) is 6.92 Å². The lowest BCUT2D eigenvalue weighted by molar-refractivity contribution is -0.198. The number of ether oxygens (including phenoxy) is 3. The molecule has 0 bridgehead atoms. The van der Waals surface area contributed by atoms with Crippen molar-refractivity contribution in [3.63, 3.8) is 0 Å². The van der Waals surface area contributed by atoms with Gasteiger partial charge in [-0.05, 0) is 13.0 Å². The molecule has 5 nitrogen and oxygen atoms in total. The SMILES string of the molecule is C=C=C[C@H](OC(C)=O)[C@H]1O[C@H](OCC)C=C[C@@H]1O. The number of carbonyl (C=O) groups excluding carboxylic acids is 1.